The molecule has 0 aliphatic rings. The van der Waals surface area contributed by atoms with Crippen molar-refractivity contribution in [3.8, 4) is 5.69 Å². The lowest BCUT2D eigenvalue weighted by Crippen LogP contribution is -2.22. The number of halogens is 1. The number of aromatic nitrogens is 2. The van der Waals surface area contributed by atoms with E-state index in [-0.39, 0.29) is 5.56 Å². The summed E-state index contributed by atoms with van der Waals surface area (Å²) in [5, 5.41) is 1.80. The maximum absolute atomic E-state index is 13.1. The number of thioether (sulfide) groups is 1. The number of aryl methyl sites for hydroxylation is 1. The molecule has 3 rings (SSSR count). The molecule has 0 radical (unpaired) electrons. The van der Waals surface area contributed by atoms with Crippen molar-refractivity contribution in [1.29, 1.82) is 0 Å². The van der Waals surface area contributed by atoms with Crippen LogP contribution in [0.5, 0.6) is 0 Å². The third-order valence-corrected chi connectivity index (χ3v) is 5.04. The van der Waals surface area contributed by atoms with E-state index in [9.17, 15) is 4.79 Å². The van der Waals surface area contributed by atoms with Crippen LogP contribution in [0.4, 0.5) is 0 Å². The lowest BCUT2D eigenvalue weighted by Gasteiger charge is -2.14. The molecule has 3 aromatic rings. The molecule has 1 heterocycles. The van der Waals surface area contributed by atoms with E-state index in [4.69, 9.17) is 21.3 Å². The van der Waals surface area contributed by atoms with Crippen molar-refractivity contribution in [3.05, 3.63) is 63.4 Å². The van der Waals surface area contributed by atoms with E-state index in [2.05, 4.69) is 0 Å². The molecular weight excluding hydrogens is 356 g/mol. The van der Waals surface area contributed by atoms with Gasteiger partial charge in [-0.15, -0.1) is 0 Å². The van der Waals surface area contributed by atoms with Crippen LogP contribution in [-0.4, -0.2) is 29.0 Å². The Bertz CT molecular complexity index is 956. The summed E-state index contributed by atoms with van der Waals surface area (Å²) >= 11 is 7.63. The van der Waals surface area contributed by atoms with Crippen LogP contribution in [0.15, 0.2) is 52.4 Å². The lowest BCUT2D eigenvalue weighted by atomic mass is 10.2. The number of nitrogens with zero attached hydrogens (tertiary/aromatic N) is 2. The van der Waals surface area contributed by atoms with Crippen molar-refractivity contribution in [2.75, 3.05) is 19.5 Å². The highest BCUT2D eigenvalue weighted by molar-refractivity contribution is 7.99. The molecule has 2 aromatic carbocycles. The first-order valence-electron chi connectivity index (χ1n) is 8.01. The summed E-state index contributed by atoms with van der Waals surface area (Å²) in [5.41, 5.74) is 2.46. The number of hydrogen-bond donors (Lipinski definition) is 0. The molecule has 0 aliphatic heterocycles. The van der Waals surface area contributed by atoms with Crippen LogP contribution in [0.3, 0.4) is 0 Å². The Labute approximate surface area is 155 Å². The molecule has 0 atom stereocenters. The Kier molecular flexibility index (Phi) is 5.78. The topological polar surface area (TPSA) is 44.1 Å². The molecule has 0 fully saturated rings. The number of rotatable bonds is 6. The summed E-state index contributed by atoms with van der Waals surface area (Å²) in [4.78, 5) is 17.8. The Morgan fingerprint density at radius 1 is 1.24 bits per heavy atom. The maximum Gasteiger partial charge on any atom is 0.266 e. The van der Waals surface area contributed by atoms with Crippen LogP contribution in [0.1, 0.15) is 12.0 Å². The molecule has 4 nitrogen and oxygen atoms in total. The highest BCUT2D eigenvalue weighted by atomic mass is 35.5. The van der Waals surface area contributed by atoms with Crippen molar-refractivity contribution in [1.82, 2.24) is 9.55 Å². The zero-order chi connectivity index (χ0) is 17.8. The monoisotopic (exact) mass is 374 g/mol. The third kappa shape index (κ3) is 4.06. The molecule has 1 aromatic heterocycles. The number of fused-ring (bicyclic) bond motifs is 1. The summed E-state index contributed by atoms with van der Waals surface area (Å²) in [7, 11) is 1.68. The minimum absolute atomic E-state index is 0.0819. The molecule has 6 heteroatoms. The second kappa shape index (κ2) is 8.04. The molecule has 0 bridgehead atoms. The highest BCUT2D eigenvalue weighted by Gasteiger charge is 2.13. The average molecular weight is 375 g/mol. The van der Waals surface area contributed by atoms with E-state index < -0.39 is 0 Å². The standard InChI is InChI=1S/C19H19ClN2O2S/c1-13-5-3-6-15(11-13)22-18(23)16-8-7-14(20)12-17(16)21-19(22)25-10-4-9-24-2/h3,5-8,11-12H,4,9-10H2,1-2H3. The minimum Gasteiger partial charge on any atom is -0.385 e. The fraction of sp³-hybridized carbons (Fsp3) is 0.263. The first kappa shape index (κ1) is 18.0. The predicted octanol–water partition coefficient (Wildman–Crippen LogP) is 4.48. The van der Waals surface area contributed by atoms with Gasteiger partial charge in [-0.2, -0.15) is 0 Å². The van der Waals surface area contributed by atoms with E-state index in [1.165, 1.54) is 0 Å². The molecule has 0 aliphatic carbocycles. The van der Waals surface area contributed by atoms with Gasteiger partial charge in [-0.1, -0.05) is 35.5 Å². The first-order chi connectivity index (χ1) is 12.1. The van der Waals surface area contributed by atoms with Crippen LogP contribution in [-0.2, 0) is 4.74 Å². The SMILES string of the molecule is COCCCSc1nc2cc(Cl)ccc2c(=O)n1-c1cccc(C)c1. The van der Waals surface area contributed by atoms with Gasteiger partial charge in [-0.3, -0.25) is 9.36 Å². The smallest absolute Gasteiger partial charge is 0.266 e. The molecule has 130 valence electrons. The second-order valence-corrected chi connectivity index (χ2v) is 7.23. The van der Waals surface area contributed by atoms with Gasteiger partial charge in [0.25, 0.3) is 5.56 Å². The van der Waals surface area contributed by atoms with Crippen LogP contribution in [0.25, 0.3) is 16.6 Å². The molecule has 0 N–H and O–H groups in total. The van der Waals surface area contributed by atoms with Crippen LogP contribution < -0.4 is 5.56 Å². The first-order valence-corrected chi connectivity index (χ1v) is 9.37. The molecule has 0 amide bonds. The minimum atomic E-state index is -0.0819. The van der Waals surface area contributed by atoms with Crippen molar-refractivity contribution >= 4 is 34.3 Å². The van der Waals surface area contributed by atoms with Gasteiger partial charge in [0.2, 0.25) is 0 Å². The summed E-state index contributed by atoms with van der Waals surface area (Å²) in [6.45, 7) is 2.69. The van der Waals surface area contributed by atoms with Gasteiger partial charge in [0, 0.05) is 24.5 Å². The Morgan fingerprint density at radius 3 is 2.84 bits per heavy atom. The summed E-state index contributed by atoms with van der Waals surface area (Å²) in [6, 6.07) is 13.1. The Balaban J connectivity index is 2.15. The normalized spacial score (nSPS) is 11.2. The van der Waals surface area contributed by atoms with Crippen LogP contribution in [0, 0.1) is 6.92 Å². The van der Waals surface area contributed by atoms with E-state index in [0.717, 1.165) is 23.4 Å². The van der Waals surface area contributed by atoms with Gasteiger partial charge >= 0.3 is 0 Å². The molecule has 0 unspecified atom stereocenters. The summed E-state index contributed by atoms with van der Waals surface area (Å²) in [6.07, 6.45) is 0.887. The number of hydrogen-bond acceptors (Lipinski definition) is 4. The molecule has 25 heavy (non-hydrogen) atoms. The van der Waals surface area contributed by atoms with Gasteiger partial charge < -0.3 is 4.74 Å². The molecule has 0 saturated heterocycles. The van der Waals surface area contributed by atoms with Gasteiger partial charge in [-0.25, -0.2) is 4.98 Å². The maximum atomic E-state index is 13.1. The van der Waals surface area contributed by atoms with Crippen molar-refractivity contribution in [3.63, 3.8) is 0 Å². The van der Waals surface area contributed by atoms with E-state index in [0.29, 0.717) is 27.7 Å². The predicted molar refractivity (Wildman–Crippen MR) is 104 cm³/mol. The highest BCUT2D eigenvalue weighted by Crippen LogP contribution is 2.23. The largest absolute Gasteiger partial charge is 0.385 e. The zero-order valence-electron chi connectivity index (χ0n) is 14.2. The van der Waals surface area contributed by atoms with E-state index >= 15 is 0 Å². The fourth-order valence-electron chi connectivity index (χ4n) is 2.60. The van der Waals surface area contributed by atoms with Crippen molar-refractivity contribution < 1.29 is 4.74 Å². The number of ether oxygens (including phenoxy) is 1. The van der Waals surface area contributed by atoms with Gasteiger partial charge in [0.15, 0.2) is 5.16 Å². The van der Waals surface area contributed by atoms with Gasteiger partial charge in [-0.05, 0) is 49.2 Å². The number of methoxy groups -OCH3 is 1. The van der Waals surface area contributed by atoms with Crippen molar-refractivity contribution in [2.45, 2.75) is 18.5 Å². The lowest BCUT2D eigenvalue weighted by molar-refractivity contribution is 0.200. The Morgan fingerprint density at radius 2 is 2.08 bits per heavy atom. The number of benzene rings is 2. The molecule has 0 spiro atoms. The fourth-order valence-corrected chi connectivity index (χ4v) is 3.69. The van der Waals surface area contributed by atoms with E-state index in [1.54, 1.807) is 41.6 Å². The quantitative estimate of drug-likeness (QED) is 0.362. The van der Waals surface area contributed by atoms with Gasteiger partial charge in [0.1, 0.15) is 0 Å². The van der Waals surface area contributed by atoms with Crippen LogP contribution >= 0.6 is 23.4 Å². The van der Waals surface area contributed by atoms with Gasteiger partial charge in [0.05, 0.1) is 16.6 Å². The third-order valence-electron chi connectivity index (χ3n) is 3.78. The summed E-state index contributed by atoms with van der Waals surface area (Å²) < 4.78 is 6.78. The average Bonchev–Trinajstić information content (AvgIpc) is 2.58. The van der Waals surface area contributed by atoms with Crippen molar-refractivity contribution in [2.24, 2.45) is 0 Å². The summed E-state index contributed by atoms with van der Waals surface area (Å²) in [5.74, 6) is 0.818. The van der Waals surface area contributed by atoms with Crippen LogP contribution in [0.2, 0.25) is 5.02 Å². The Hall–Kier alpha value is -1.82. The zero-order valence-corrected chi connectivity index (χ0v) is 15.7. The second-order valence-electron chi connectivity index (χ2n) is 5.73. The van der Waals surface area contributed by atoms with E-state index in [1.807, 2.05) is 31.2 Å². The molecule has 0 saturated carbocycles. The molecular formula is C19H19ClN2O2S.